The first-order chi connectivity index (χ1) is 10.5. The predicted molar refractivity (Wildman–Crippen MR) is 81.8 cm³/mol. The molecule has 22 heavy (non-hydrogen) atoms. The fourth-order valence-corrected chi connectivity index (χ4v) is 4.21. The summed E-state index contributed by atoms with van der Waals surface area (Å²) in [5.74, 6) is -1.22. The van der Waals surface area contributed by atoms with E-state index in [1.54, 1.807) is 6.07 Å². The van der Waals surface area contributed by atoms with Gasteiger partial charge in [-0.15, -0.1) is 0 Å². The van der Waals surface area contributed by atoms with Gasteiger partial charge >= 0.3 is 5.97 Å². The average molecular weight is 370 g/mol. The number of rotatable bonds is 3. The molecule has 0 aromatic heterocycles. The number of carbonyl (C=O) groups excluding carboxylic acids is 1. The monoisotopic (exact) mass is 369 g/mol. The zero-order chi connectivity index (χ0) is 15.9. The van der Waals surface area contributed by atoms with E-state index in [0.717, 1.165) is 19.3 Å². The van der Waals surface area contributed by atoms with Crippen molar-refractivity contribution in [1.29, 1.82) is 0 Å². The molecule has 3 rings (SSSR count). The van der Waals surface area contributed by atoms with E-state index in [1.807, 2.05) is 0 Å². The van der Waals surface area contributed by atoms with Gasteiger partial charge in [-0.25, -0.2) is 9.18 Å². The molecule has 2 fully saturated rings. The van der Waals surface area contributed by atoms with Crippen LogP contribution in [0, 0.1) is 17.7 Å². The van der Waals surface area contributed by atoms with E-state index in [9.17, 15) is 19.1 Å². The van der Waals surface area contributed by atoms with Gasteiger partial charge in [0, 0.05) is 11.0 Å². The molecule has 0 bridgehead atoms. The van der Waals surface area contributed by atoms with Crippen LogP contribution in [-0.4, -0.2) is 34.5 Å². The van der Waals surface area contributed by atoms with Crippen molar-refractivity contribution < 1.29 is 19.1 Å². The number of fused-ring (bicyclic) bond motifs is 1. The molecule has 0 radical (unpaired) electrons. The second-order valence-corrected chi connectivity index (χ2v) is 6.95. The summed E-state index contributed by atoms with van der Waals surface area (Å²) in [7, 11) is 0. The minimum absolute atomic E-state index is 0.0154. The third-order valence-electron chi connectivity index (χ3n) is 4.81. The van der Waals surface area contributed by atoms with Crippen LogP contribution in [0.2, 0.25) is 0 Å². The molecule has 1 saturated heterocycles. The fraction of sp³-hybridized carbons (Fsp3) is 0.500. The van der Waals surface area contributed by atoms with Crippen LogP contribution in [0.1, 0.15) is 24.8 Å². The number of carbonyl (C=O) groups is 2. The highest BCUT2D eigenvalue weighted by atomic mass is 79.9. The largest absolute Gasteiger partial charge is 0.480 e. The van der Waals surface area contributed by atoms with Crippen LogP contribution in [0.4, 0.5) is 4.39 Å². The molecule has 1 amide bonds. The number of aliphatic carboxylic acids is 1. The molecule has 1 aliphatic carbocycles. The highest BCUT2D eigenvalue weighted by Gasteiger charge is 2.49. The Morgan fingerprint density at radius 1 is 1.36 bits per heavy atom. The molecule has 3 atom stereocenters. The van der Waals surface area contributed by atoms with Crippen molar-refractivity contribution in [2.45, 2.75) is 31.7 Å². The molecular weight excluding hydrogens is 353 g/mol. The number of halogens is 2. The van der Waals surface area contributed by atoms with Gasteiger partial charge in [-0.05, 0) is 48.4 Å². The molecule has 3 unspecified atom stereocenters. The molecule has 4 nitrogen and oxygen atoms in total. The lowest BCUT2D eigenvalue weighted by Gasteiger charge is -2.24. The van der Waals surface area contributed by atoms with Gasteiger partial charge in [0.05, 0.1) is 6.42 Å². The lowest BCUT2D eigenvalue weighted by Crippen LogP contribution is -2.44. The van der Waals surface area contributed by atoms with E-state index in [2.05, 4.69) is 15.9 Å². The van der Waals surface area contributed by atoms with Crippen molar-refractivity contribution in [3.8, 4) is 0 Å². The number of likely N-dealkylation sites (tertiary alicyclic amines) is 1. The number of carboxylic acids is 1. The van der Waals surface area contributed by atoms with E-state index in [-0.39, 0.29) is 18.2 Å². The molecule has 1 saturated carbocycles. The van der Waals surface area contributed by atoms with Crippen molar-refractivity contribution in [3.05, 3.63) is 34.1 Å². The highest BCUT2D eigenvalue weighted by Crippen LogP contribution is 2.42. The Morgan fingerprint density at radius 3 is 2.86 bits per heavy atom. The maximum atomic E-state index is 13.3. The summed E-state index contributed by atoms with van der Waals surface area (Å²) < 4.78 is 14.0. The smallest absolute Gasteiger partial charge is 0.326 e. The van der Waals surface area contributed by atoms with E-state index < -0.39 is 17.8 Å². The number of benzene rings is 1. The Morgan fingerprint density at radius 2 is 2.14 bits per heavy atom. The molecule has 0 spiro atoms. The average Bonchev–Trinajstić information content (AvgIpc) is 3.02. The standard InChI is InChI=1S/C16H17BrFNO3/c17-13-5-4-11(18)6-10(13)7-14(20)19-8-9-2-1-3-12(9)15(19)16(21)22/h4-6,9,12,15H,1-3,7-8H2,(H,21,22). The molecular formula is C16H17BrFNO3. The van der Waals surface area contributed by atoms with E-state index in [0.29, 0.717) is 22.5 Å². The molecule has 1 aromatic rings. The Kier molecular flexibility index (Phi) is 4.21. The number of hydrogen-bond acceptors (Lipinski definition) is 2. The zero-order valence-electron chi connectivity index (χ0n) is 12.0. The van der Waals surface area contributed by atoms with Gasteiger partial charge < -0.3 is 10.0 Å². The third-order valence-corrected chi connectivity index (χ3v) is 5.59. The molecule has 2 aliphatic rings. The highest BCUT2D eigenvalue weighted by molar-refractivity contribution is 9.10. The van der Waals surface area contributed by atoms with Gasteiger partial charge in [0.25, 0.3) is 0 Å². The van der Waals surface area contributed by atoms with Crippen LogP contribution < -0.4 is 0 Å². The van der Waals surface area contributed by atoms with Crippen molar-refractivity contribution in [1.82, 2.24) is 4.90 Å². The minimum atomic E-state index is -0.930. The quantitative estimate of drug-likeness (QED) is 0.890. The number of amides is 1. The van der Waals surface area contributed by atoms with Crippen LogP contribution in [0.25, 0.3) is 0 Å². The van der Waals surface area contributed by atoms with Gasteiger partial charge in [-0.3, -0.25) is 4.79 Å². The Bertz CT molecular complexity index is 621. The summed E-state index contributed by atoms with van der Waals surface area (Å²) in [5.41, 5.74) is 0.547. The van der Waals surface area contributed by atoms with Gasteiger partial charge in [-0.2, -0.15) is 0 Å². The number of nitrogens with zero attached hydrogens (tertiary/aromatic N) is 1. The summed E-state index contributed by atoms with van der Waals surface area (Å²) in [6.07, 6.45) is 2.91. The SMILES string of the molecule is O=C(O)C1C2CCCC2CN1C(=O)Cc1cc(F)ccc1Br. The normalized spacial score (nSPS) is 27.0. The summed E-state index contributed by atoms with van der Waals surface area (Å²) in [4.78, 5) is 25.6. The van der Waals surface area contributed by atoms with Crippen molar-refractivity contribution in [2.75, 3.05) is 6.54 Å². The lowest BCUT2D eigenvalue weighted by molar-refractivity contribution is -0.149. The summed E-state index contributed by atoms with van der Waals surface area (Å²) in [5, 5.41) is 9.48. The van der Waals surface area contributed by atoms with Crippen molar-refractivity contribution in [2.24, 2.45) is 11.8 Å². The van der Waals surface area contributed by atoms with E-state index in [1.165, 1.54) is 17.0 Å². The minimum Gasteiger partial charge on any atom is -0.480 e. The maximum Gasteiger partial charge on any atom is 0.326 e. The summed E-state index contributed by atoms with van der Waals surface area (Å²) in [6, 6.07) is 3.46. The second kappa shape index (κ2) is 5.99. The maximum absolute atomic E-state index is 13.3. The second-order valence-electron chi connectivity index (χ2n) is 6.10. The molecule has 1 N–H and O–H groups in total. The van der Waals surface area contributed by atoms with E-state index in [4.69, 9.17) is 0 Å². The Labute approximate surface area is 136 Å². The van der Waals surface area contributed by atoms with Crippen LogP contribution in [0.3, 0.4) is 0 Å². The fourth-order valence-electron chi connectivity index (χ4n) is 3.82. The van der Waals surface area contributed by atoms with Crippen LogP contribution in [0.15, 0.2) is 22.7 Å². The summed E-state index contributed by atoms with van der Waals surface area (Å²) >= 11 is 3.31. The number of carboxylic acid groups (broad SMARTS) is 1. The van der Waals surface area contributed by atoms with Crippen LogP contribution >= 0.6 is 15.9 Å². The lowest BCUT2D eigenvalue weighted by atomic mass is 9.94. The van der Waals surface area contributed by atoms with Crippen molar-refractivity contribution in [3.63, 3.8) is 0 Å². The Hall–Kier alpha value is -1.43. The molecule has 118 valence electrons. The van der Waals surface area contributed by atoms with Gasteiger partial charge in [0.1, 0.15) is 11.9 Å². The van der Waals surface area contributed by atoms with Crippen LogP contribution in [0.5, 0.6) is 0 Å². The Balaban J connectivity index is 1.79. The number of hydrogen-bond donors (Lipinski definition) is 1. The first kappa shape index (κ1) is 15.5. The van der Waals surface area contributed by atoms with Gasteiger partial charge in [0.15, 0.2) is 0 Å². The zero-order valence-corrected chi connectivity index (χ0v) is 13.6. The first-order valence-electron chi connectivity index (χ1n) is 7.43. The molecule has 1 heterocycles. The van der Waals surface area contributed by atoms with E-state index >= 15 is 0 Å². The van der Waals surface area contributed by atoms with Gasteiger partial charge in [-0.1, -0.05) is 22.4 Å². The molecule has 1 aromatic carbocycles. The molecule has 6 heteroatoms. The molecule has 1 aliphatic heterocycles. The topological polar surface area (TPSA) is 57.6 Å². The van der Waals surface area contributed by atoms with Gasteiger partial charge in [0.2, 0.25) is 5.91 Å². The summed E-state index contributed by atoms with van der Waals surface area (Å²) in [6.45, 7) is 0.507. The first-order valence-corrected chi connectivity index (χ1v) is 8.23. The predicted octanol–water partition coefficient (Wildman–Crippen LogP) is 2.84. The third kappa shape index (κ3) is 2.76. The van der Waals surface area contributed by atoms with Crippen LogP contribution in [-0.2, 0) is 16.0 Å². The van der Waals surface area contributed by atoms with Crippen molar-refractivity contribution >= 4 is 27.8 Å².